The smallest absolute Gasteiger partial charge is 0.239 e. The first-order chi connectivity index (χ1) is 9.63. The average Bonchev–Trinajstić information content (AvgIpc) is 3.21. The molecule has 0 aromatic carbocycles. The Morgan fingerprint density at radius 1 is 1.50 bits per heavy atom. The second kappa shape index (κ2) is 5.36. The summed E-state index contributed by atoms with van der Waals surface area (Å²) in [5.74, 6) is 0.0528. The minimum absolute atomic E-state index is 0.0528. The summed E-state index contributed by atoms with van der Waals surface area (Å²) in [6.07, 6.45) is 5.68. The number of fused-ring (bicyclic) bond motifs is 1. The Labute approximate surface area is 125 Å². The molecule has 1 N–H and O–H groups in total. The highest BCUT2D eigenvalue weighted by Crippen LogP contribution is 2.24. The van der Waals surface area contributed by atoms with E-state index in [1.165, 1.54) is 0 Å². The fourth-order valence-electron chi connectivity index (χ4n) is 2.10. The summed E-state index contributed by atoms with van der Waals surface area (Å²) in [5.41, 5.74) is 2.53. The van der Waals surface area contributed by atoms with E-state index in [0.29, 0.717) is 12.6 Å². The van der Waals surface area contributed by atoms with Gasteiger partial charge in [0.15, 0.2) is 0 Å². The van der Waals surface area contributed by atoms with Gasteiger partial charge in [0.1, 0.15) is 5.52 Å². The fourth-order valence-corrected chi connectivity index (χ4v) is 2.42. The second-order valence-electron chi connectivity index (χ2n) is 5.05. The van der Waals surface area contributed by atoms with Crippen molar-refractivity contribution in [3.05, 3.63) is 29.0 Å². The molecule has 2 aromatic heterocycles. The first-order valence-corrected chi connectivity index (χ1v) is 7.33. The van der Waals surface area contributed by atoms with E-state index >= 15 is 0 Å². The van der Waals surface area contributed by atoms with Gasteiger partial charge in [0.25, 0.3) is 0 Å². The van der Waals surface area contributed by atoms with Crippen LogP contribution < -0.4 is 10.2 Å². The van der Waals surface area contributed by atoms with Crippen molar-refractivity contribution in [3.8, 4) is 0 Å². The molecule has 1 fully saturated rings. The van der Waals surface area contributed by atoms with Crippen LogP contribution in [-0.4, -0.2) is 35.5 Å². The number of aromatic nitrogens is 2. The lowest BCUT2D eigenvalue weighted by Crippen LogP contribution is -2.36. The van der Waals surface area contributed by atoms with Gasteiger partial charge in [-0.25, -0.2) is 0 Å². The van der Waals surface area contributed by atoms with Gasteiger partial charge in [0, 0.05) is 30.0 Å². The number of pyridine rings is 2. The number of rotatable bonds is 4. The van der Waals surface area contributed by atoms with Crippen LogP contribution in [0, 0.1) is 0 Å². The summed E-state index contributed by atoms with van der Waals surface area (Å²) < 4.78 is 0.892. The molecule has 104 valence electrons. The van der Waals surface area contributed by atoms with E-state index in [4.69, 9.17) is 0 Å². The average molecular weight is 335 g/mol. The van der Waals surface area contributed by atoms with Gasteiger partial charge in [0.2, 0.25) is 5.91 Å². The number of halogens is 1. The van der Waals surface area contributed by atoms with Crippen LogP contribution in [0.25, 0.3) is 11.0 Å². The van der Waals surface area contributed by atoms with Crippen LogP contribution in [0.1, 0.15) is 12.8 Å². The molecule has 1 saturated carbocycles. The third-order valence-corrected chi connectivity index (χ3v) is 3.69. The maximum Gasteiger partial charge on any atom is 0.239 e. The molecule has 1 aliphatic rings. The predicted molar refractivity (Wildman–Crippen MR) is 81.7 cm³/mol. The number of amides is 1. The lowest BCUT2D eigenvalue weighted by atomic mass is 10.2. The van der Waals surface area contributed by atoms with Crippen molar-refractivity contribution in [2.45, 2.75) is 18.9 Å². The highest BCUT2D eigenvalue weighted by atomic mass is 79.9. The van der Waals surface area contributed by atoms with Crippen LogP contribution in [0.15, 0.2) is 29.0 Å². The van der Waals surface area contributed by atoms with Gasteiger partial charge in [-0.1, -0.05) is 0 Å². The van der Waals surface area contributed by atoms with E-state index in [1.807, 2.05) is 24.1 Å². The van der Waals surface area contributed by atoms with Crippen molar-refractivity contribution in [1.82, 2.24) is 15.3 Å². The van der Waals surface area contributed by atoms with E-state index in [2.05, 4.69) is 31.2 Å². The number of nitrogens with one attached hydrogen (secondary N) is 1. The molecule has 0 bridgehead atoms. The van der Waals surface area contributed by atoms with Crippen LogP contribution in [0.4, 0.5) is 5.69 Å². The molecule has 1 aliphatic carbocycles. The summed E-state index contributed by atoms with van der Waals surface area (Å²) in [4.78, 5) is 22.5. The molecule has 0 atom stereocenters. The number of likely N-dealkylation sites (N-methyl/N-ethyl adjacent to an activating group) is 1. The zero-order valence-corrected chi connectivity index (χ0v) is 12.7. The maximum atomic E-state index is 11.9. The predicted octanol–water partition coefficient (Wildman–Crippen LogP) is 2.11. The molecular formula is C14H15BrN4O. The van der Waals surface area contributed by atoms with Crippen molar-refractivity contribution in [3.63, 3.8) is 0 Å². The number of hydrogen-bond acceptors (Lipinski definition) is 4. The molecular weight excluding hydrogens is 320 g/mol. The van der Waals surface area contributed by atoms with Crippen LogP contribution in [-0.2, 0) is 4.79 Å². The van der Waals surface area contributed by atoms with Crippen LogP contribution in [0.2, 0.25) is 0 Å². The number of carbonyl (C=O) groups is 1. The van der Waals surface area contributed by atoms with E-state index < -0.39 is 0 Å². The van der Waals surface area contributed by atoms with E-state index in [0.717, 1.165) is 34.0 Å². The lowest BCUT2D eigenvalue weighted by Gasteiger charge is -2.19. The van der Waals surface area contributed by atoms with Crippen molar-refractivity contribution in [2.24, 2.45) is 0 Å². The molecule has 3 rings (SSSR count). The van der Waals surface area contributed by atoms with Gasteiger partial charge in [-0.3, -0.25) is 14.8 Å². The van der Waals surface area contributed by atoms with Gasteiger partial charge < -0.3 is 10.2 Å². The molecule has 0 unspecified atom stereocenters. The first kappa shape index (κ1) is 13.3. The molecule has 0 aliphatic heterocycles. The SMILES string of the molecule is CN(CC(=O)NC1CC1)c1ccnc2cc(Br)cnc12. The highest BCUT2D eigenvalue weighted by Gasteiger charge is 2.23. The third-order valence-electron chi connectivity index (χ3n) is 3.26. The summed E-state index contributed by atoms with van der Waals surface area (Å²) >= 11 is 3.39. The van der Waals surface area contributed by atoms with Crippen LogP contribution in [0.5, 0.6) is 0 Å². The minimum atomic E-state index is 0.0528. The zero-order valence-electron chi connectivity index (χ0n) is 11.1. The van der Waals surface area contributed by atoms with Crippen molar-refractivity contribution < 1.29 is 4.79 Å². The van der Waals surface area contributed by atoms with Crippen LogP contribution in [0.3, 0.4) is 0 Å². The molecule has 0 radical (unpaired) electrons. The minimum Gasteiger partial charge on any atom is -0.363 e. The Balaban J connectivity index is 1.83. The third kappa shape index (κ3) is 2.90. The largest absolute Gasteiger partial charge is 0.363 e. The maximum absolute atomic E-state index is 11.9. The Kier molecular flexibility index (Phi) is 3.56. The van der Waals surface area contributed by atoms with Gasteiger partial charge in [0.05, 0.1) is 17.7 Å². The van der Waals surface area contributed by atoms with Gasteiger partial charge in [-0.2, -0.15) is 0 Å². The van der Waals surface area contributed by atoms with Crippen molar-refractivity contribution in [1.29, 1.82) is 0 Å². The standard InChI is InChI=1S/C14H15BrN4O/c1-19(8-13(20)18-10-2-3-10)12-4-5-16-11-6-9(15)7-17-14(11)12/h4-7,10H,2-3,8H2,1H3,(H,18,20). The number of carbonyl (C=O) groups excluding carboxylic acids is 1. The van der Waals surface area contributed by atoms with E-state index in [9.17, 15) is 4.79 Å². The van der Waals surface area contributed by atoms with Gasteiger partial charge in [-0.05, 0) is 40.9 Å². The summed E-state index contributed by atoms with van der Waals surface area (Å²) in [5, 5.41) is 2.99. The molecule has 2 aromatic rings. The quantitative estimate of drug-likeness (QED) is 0.930. The summed E-state index contributed by atoms with van der Waals surface area (Å²) in [7, 11) is 1.89. The zero-order chi connectivity index (χ0) is 14.1. The number of nitrogens with zero attached hydrogens (tertiary/aromatic N) is 3. The summed E-state index contributed by atoms with van der Waals surface area (Å²) in [6, 6.07) is 4.19. The first-order valence-electron chi connectivity index (χ1n) is 6.54. The van der Waals surface area contributed by atoms with E-state index in [1.54, 1.807) is 12.4 Å². The monoisotopic (exact) mass is 334 g/mol. The van der Waals surface area contributed by atoms with Crippen molar-refractivity contribution in [2.75, 3.05) is 18.5 Å². The Morgan fingerprint density at radius 2 is 2.30 bits per heavy atom. The lowest BCUT2D eigenvalue weighted by molar-refractivity contribution is -0.119. The molecule has 6 heteroatoms. The highest BCUT2D eigenvalue weighted by molar-refractivity contribution is 9.10. The van der Waals surface area contributed by atoms with Crippen molar-refractivity contribution >= 4 is 38.6 Å². The molecule has 20 heavy (non-hydrogen) atoms. The fraction of sp³-hybridized carbons (Fsp3) is 0.357. The Morgan fingerprint density at radius 3 is 3.05 bits per heavy atom. The topological polar surface area (TPSA) is 58.1 Å². The van der Waals surface area contributed by atoms with Crippen LogP contribution >= 0.6 is 15.9 Å². The molecule has 2 heterocycles. The normalized spacial score (nSPS) is 14.3. The van der Waals surface area contributed by atoms with Gasteiger partial charge >= 0.3 is 0 Å². The second-order valence-corrected chi connectivity index (χ2v) is 5.96. The number of hydrogen-bond donors (Lipinski definition) is 1. The Hall–Kier alpha value is -1.69. The molecule has 1 amide bonds. The summed E-state index contributed by atoms with van der Waals surface area (Å²) in [6.45, 7) is 0.327. The molecule has 0 spiro atoms. The van der Waals surface area contributed by atoms with Gasteiger partial charge in [-0.15, -0.1) is 0 Å². The number of anilines is 1. The molecule has 0 saturated heterocycles. The molecule has 5 nitrogen and oxygen atoms in total. The Bertz CT molecular complexity index is 657. The van der Waals surface area contributed by atoms with E-state index in [-0.39, 0.29) is 5.91 Å².